The summed E-state index contributed by atoms with van der Waals surface area (Å²) in [6, 6.07) is 0. The summed E-state index contributed by atoms with van der Waals surface area (Å²) in [5, 5.41) is 0. The van der Waals surface area contributed by atoms with Gasteiger partial charge in [-0.2, -0.15) is 0 Å². The van der Waals surface area contributed by atoms with Crippen molar-refractivity contribution in [3.8, 4) is 0 Å². The highest BCUT2D eigenvalue weighted by Gasteiger charge is 2.27. The fourth-order valence-electron chi connectivity index (χ4n) is 10.9. The number of phosphoric acid groups is 1. The number of hydrogen-bond donors (Lipinski definition) is 1. The van der Waals surface area contributed by atoms with Crippen LogP contribution in [0.25, 0.3) is 0 Å². The number of unbranched alkanes of at least 4 members (excludes halogenated alkanes) is 45. The highest BCUT2D eigenvalue weighted by molar-refractivity contribution is 7.47. The zero-order valence-corrected chi connectivity index (χ0v) is 58.5. The molecule has 86 heavy (non-hydrogen) atoms. The van der Waals surface area contributed by atoms with Gasteiger partial charge in [0.2, 0.25) is 0 Å². The third-order valence-electron chi connectivity index (χ3n) is 16.6. The zero-order valence-electron chi connectivity index (χ0n) is 57.6. The van der Waals surface area contributed by atoms with Crippen molar-refractivity contribution in [3.63, 3.8) is 0 Å². The summed E-state index contributed by atoms with van der Waals surface area (Å²) < 4.78 is 34.8. The van der Waals surface area contributed by atoms with Crippen molar-refractivity contribution in [2.75, 3.05) is 47.5 Å². The van der Waals surface area contributed by atoms with Gasteiger partial charge in [-0.1, -0.05) is 351 Å². The number of rotatable bonds is 69. The molecule has 0 bridgehead atoms. The van der Waals surface area contributed by atoms with Crippen LogP contribution in [0.15, 0.2) is 60.8 Å². The van der Waals surface area contributed by atoms with Crippen molar-refractivity contribution >= 4 is 19.8 Å². The standard InChI is InChI=1S/C76H142NO8P/c1-6-8-10-12-14-16-18-20-22-24-26-28-30-32-34-36-37-38-39-41-43-45-47-49-51-53-55-57-59-61-63-65-67-69-76(79)85-74(73-84-86(80,81)83-71-70-77(3,4)5)72-82-75(78)68-66-64-62-60-58-56-54-52-50-48-46-44-42-40-35-33-31-29-27-25-23-21-19-17-15-13-11-9-7-2/h8,10,14,16,20,22,26,28,32,34,74H,6-7,9,11-13,15,17-19,21,23-25,27,29-31,33,35-73H2,1-5H3/p+1/b10-8-,16-14-,22-20-,28-26-,34-32-. The zero-order chi connectivity index (χ0) is 62.6. The van der Waals surface area contributed by atoms with Gasteiger partial charge in [0.05, 0.1) is 27.7 Å². The Kier molecular flexibility index (Phi) is 65.3. The van der Waals surface area contributed by atoms with Crippen molar-refractivity contribution in [1.82, 2.24) is 0 Å². The lowest BCUT2D eigenvalue weighted by atomic mass is 10.0. The quantitative estimate of drug-likeness (QED) is 0.0211. The molecule has 2 atom stereocenters. The third-order valence-corrected chi connectivity index (χ3v) is 17.5. The average Bonchev–Trinajstić information content (AvgIpc) is 3.70. The molecule has 0 saturated heterocycles. The summed E-state index contributed by atoms with van der Waals surface area (Å²) in [5.41, 5.74) is 0. The van der Waals surface area contributed by atoms with Gasteiger partial charge in [-0.25, -0.2) is 4.57 Å². The van der Waals surface area contributed by atoms with Crippen LogP contribution in [0.4, 0.5) is 0 Å². The summed E-state index contributed by atoms with van der Waals surface area (Å²) in [4.78, 5) is 35.9. The van der Waals surface area contributed by atoms with Crippen LogP contribution in [0.5, 0.6) is 0 Å². The normalized spacial score (nSPS) is 13.4. The summed E-state index contributed by atoms with van der Waals surface area (Å²) in [5.74, 6) is -0.777. The molecule has 0 fully saturated rings. The lowest BCUT2D eigenvalue weighted by Gasteiger charge is -2.24. The second-order valence-corrected chi connectivity index (χ2v) is 27.8. The Morgan fingerprint density at radius 2 is 0.663 bits per heavy atom. The number of ether oxygens (including phenoxy) is 2. The molecule has 0 aromatic carbocycles. The SMILES string of the molecule is CC/C=C\C/C=C\C/C=C\C/C=C\C/C=C\CCCCCCCCCCCCCCCCCCCC(=O)OC(COC(=O)CCCCCCCCCCCCCCCCCCCCCCCCCCCCCCC)COP(=O)(O)OCC[N+](C)(C)C. The predicted octanol–water partition coefficient (Wildman–Crippen LogP) is 24.2. The molecule has 0 amide bonds. The number of carbonyl (C=O) groups excluding carboxylic acids is 2. The second kappa shape index (κ2) is 67.1. The fraction of sp³-hybridized carbons (Fsp3) is 0.842. The Bertz CT molecular complexity index is 1630. The van der Waals surface area contributed by atoms with Gasteiger partial charge in [-0.3, -0.25) is 18.6 Å². The first-order valence-corrected chi connectivity index (χ1v) is 38.5. The van der Waals surface area contributed by atoms with Crippen LogP contribution >= 0.6 is 7.82 Å². The Labute approximate surface area is 534 Å². The van der Waals surface area contributed by atoms with E-state index in [-0.39, 0.29) is 25.6 Å². The van der Waals surface area contributed by atoms with Crippen LogP contribution in [0.2, 0.25) is 0 Å². The molecular weight excluding hydrogens is 1090 g/mol. The predicted molar refractivity (Wildman–Crippen MR) is 372 cm³/mol. The molecule has 2 unspecified atom stereocenters. The number of esters is 2. The van der Waals surface area contributed by atoms with E-state index in [4.69, 9.17) is 18.5 Å². The van der Waals surface area contributed by atoms with Crippen LogP contribution in [-0.2, 0) is 32.7 Å². The molecule has 0 spiro atoms. The lowest BCUT2D eigenvalue weighted by molar-refractivity contribution is -0.870. The highest BCUT2D eigenvalue weighted by Crippen LogP contribution is 2.43. The smallest absolute Gasteiger partial charge is 0.462 e. The van der Waals surface area contributed by atoms with Crippen LogP contribution in [0, 0.1) is 0 Å². The fourth-order valence-corrected chi connectivity index (χ4v) is 11.7. The monoisotopic (exact) mass is 1230 g/mol. The first kappa shape index (κ1) is 83.7. The van der Waals surface area contributed by atoms with E-state index >= 15 is 0 Å². The molecule has 504 valence electrons. The van der Waals surface area contributed by atoms with E-state index < -0.39 is 26.5 Å². The maximum Gasteiger partial charge on any atom is 0.472 e. The van der Waals surface area contributed by atoms with Gasteiger partial charge >= 0.3 is 19.8 Å². The summed E-state index contributed by atoms with van der Waals surface area (Å²) in [6.45, 7) is 4.39. The molecule has 0 aromatic rings. The Hall–Kier alpha value is -2.29. The first-order chi connectivity index (χ1) is 42.0. The summed E-state index contributed by atoms with van der Waals surface area (Å²) in [7, 11) is 1.49. The van der Waals surface area contributed by atoms with Crippen LogP contribution in [-0.4, -0.2) is 74.9 Å². The van der Waals surface area contributed by atoms with E-state index in [1.54, 1.807) is 0 Å². The van der Waals surface area contributed by atoms with E-state index in [2.05, 4.69) is 74.6 Å². The maximum atomic E-state index is 12.9. The van der Waals surface area contributed by atoms with Gasteiger partial charge < -0.3 is 18.9 Å². The van der Waals surface area contributed by atoms with Crippen molar-refractivity contribution in [1.29, 1.82) is 0 Å². The molecule has 0 aliphatic heterocycles. The minimum Gasteiger partial charge on any atom is -0.462 e. The molecule has 0 aromatic heterocycles. The number of allylic oxidation sites excluding steroid dienone is 10. The first-order valence-electron chi connectivity index (χ1n) is 37.0. The summed E-state index contributed by atoms with van der Waals surface area (Å²) in [6.07, 6.45) is 89.2. The minimum atomic E-state index is -4.39. The van der Waals surface area contributed by atoms with Gasteiger partial charge in [0, 0.05) is 12.8 Å². The molecule has 1 N–H and O–H groups in total. The number of likely N-dealkylation sites (N-methyl/N-ethyl adjacent to an activating group) is 1. The molecule has 0 aliphatic carbocycles. The minimum absolute atomic E-state index is 0.0334. The third kappa shape index (κ3) is 70.8. The Morgan fingerprint density at radius 3 is 0.988 bits per heavy atom. The van der Waals surface area contributed by atoms with Crippen molar-refractivity contribution in [2.24, 2.45) is 0 Å². The average molecular weight is 1230 g/mol. The molecular formula is C76H143NO8P+. The van der Waals surface area contributed by atoms with Crippen LogP contribution in [0.1, 0.15) is 361 Å². The molecule has 9 nitrogen and oxygen atoms in total. The molecule has 0 rings (SSSR count). The van der Waals surface area contributed by atoms with Gasteiger partial charge in [0.25, 0.3) is 0 Å². The van der Waals surface area contributed by atoms with E-state index in [0.717, 1.165) is 64.2 Å². The number of hydrogen-bond acceptors (Lipinski definition) is 7. The largest absolute Gasteiger partial charge is 0.472 e. The number of quaternary nitrogens is 1. The Morgan fingerprint density at radius 1 is 0.372 bits per heavy atom. The number of carbonyl (C=O) groups is 2. The molecule has 0 heterocycles. The molecule has 0 radical (unpaired) electrons. The number of nitrogens with zero attached hydrogens (tertiary/aromatic N) is 1. The topological polar surface area (TPSA) is 108 Å². The van der Waals surface area contributed by atoms with Crippen LogP contribution < -0.4 is 0 Å². The van der Waals surface area contributed by atoms with Gasteiger partial charge in [0.15, 0.2) is 6.10 Å². The number of phosphoric ester groups is 1. The molecule has 0 saturated carbocycles. The van der Waals surface area contributed by atoms with E-state index in [1.165, 1.54) is 263 Å². The highest BCUT2D eigenvalue weighted by atomic mass is 31.2. The van der Waals surface area contributed by atoms with E-state index in [0.29, 0.717) is 23.9 Å². The van der Waals surface area contributed by atoms with Gasteiger partial charge in [0.1, 0.15) is 19.8 Å². The van der Waals surface area contributed by atoms with E-state index in [9.17, 15) is 19.0 Å². The Balaban J connectivity index is 3.97. The van der Waals surface area contributed by atoms with Gasteiger partial charge in [-0.15, -0.1) is 0 Å². The van der Waals surface area contributed by atoms with Crippen molar-refractivity contribution in [2.45, 2.75) is 367 Å². The van der Waals surface area contributed by atoms with Crippen molar-refractivity contribution in [3.05, 3.63) is 60.8 Å². The van der Waals surface area contributed by atoms with Crippen LogP contribution in [0.3, 0.4) is 0 Å². The molecule has 10 heteroatoms. The molecule has 0 aliphatic rings. The maximum absolute atomic E-state index is 12.9. The lowest BCUT2D eigenvalue weighted by Crippen LogP contribution is -2.37. The van der Waals surface area contributed by atoms with E-state index in [1.807, 2.05) is 21.1 Å². The second-order valence-electron chi connectivity index (χ2n) is 26.3. The summed E-state index contributed by atoms with van der Waals surface area (Å²) >= 11 is 0. The van der Waals surface area contributed by atoms with Crippen molar-refractivity contribution < 1.29 is 42.1 Å². The van der Waals surface area contributed by atoms with Gasteiger partial charge in [-0.05, 0) is 57.8 Å².